The van der Waals surface area contributed by atoms with Gasteiger partial charge in [-0.2, -0.15) is 4.98 Å². The molecular formula is C18H18N4O. The molecule has 1 aromatic heterocycles. The molecule has 0 atom stereocenters. The smallest absolute Gasteiger partial charge is 0.230 e. The molecule has 3 aromatic rings. The zero-order valence-corrected chi connectivity index (χ0v) is 13.4. The number of methoxy groups -OCH3 is 1. The molecule has 2 aromatic carbocycles. The first-order valence-corrected chi connectivity index (χ1v) is 7.33. The molecule has 0 amide bonds. The first kappa shape index (κ1) is 15.0. The summed E-state index contributed by atoms with van der Waals surface area (Å²) in [6.45, 7) is 4.06. The van der Waals surface area contributed by atoms with Gasteiger partial charge in [0.25, 0.3) is 0 Å². The average Bonchev–Trinajstić information content (AvgIpc) is 2.55. The van der Waals surface area contributed by atoms with Crippen LogP contribution in [0.15, 0.2) is 48.8 Å². The topological polar surface area (TPSA) is 59.9 Å². The van der Waals surface area contributed by atoms with Gasteiger partial charge in [0.05, 0.1) is 12.7 Å². The molecule has 5 heteroatoms. The van der Waals surface area contributed by atoms with Crippen molar-refractivity contribution >= 4 is 11.6 Å². The lowest BCUT2D eigenvalue weighted by molar-refractivity contribution is 0.416. The zero-order valence-electron chi connectivity index (χ0n) is 13.4. The van der Waals surface area contributed by atoms with Gasteiger partial charge < -0.3 is 10.1 Å². The van der Waals surface area contributed by atoms with Crippen LogP contribution in [0.1, 0.15) is 11.1 Å². The fourth-order valence-corrected chi connectivity index (χ4v) is 2.32. The lowest BCUT2D eigenvalue weighted by Crippen LogP contribution is -2.01. The predicted octanol–water partition coefficient (Wildman–Crippen LogP) is 3.91. The van der Waals surface area contributed by atoms with Crippen molar-refractivity contribution in [3.8, 4) is 17.1 Å². The molecule has 0 bridgehead atoms. The molecule has 0 saturated heterocycles. The largest absolute Gasteiger partial charge is 0.496 e. The lowest BCUT2D eigenvalue weighted by Gasteiger charge is -2.10. The predicted molar refractivity (Wildman–Crippen MR) is 91.0 cm³/mol. The highest BCUT2D eigenvalue weighted by molar-refractivity contribution is 5.66. The van der Waals surface area contributed by atoms with E-state index in [1.54, 1.807) is 7.11 Å². The number of anilines is 2. The molecule has 0 aliphatic rings. The highest BCUT2D eigenvalue weighted by Crippen LogP contribution is 2.28. The third kappa shape index (κ3) is 3.45. The molecule has 0 radical (unpaired) electrons. The number of rotatable bonds is 4. The van der Waals surface area contributed by atoms with Crippen molar-refractivity contribution < 1.29 is 4.74 Å². The summed E-state index contributed by atoms with van der Waals surface area (Å²) in [4.78, 5) is 12.9. The monoisotopic (exact) mass is 306 g/mol. The van der Waals surface area contributed by atoms with Gasteiger partial charge in [-0.05, 0) is 49.2 Å². The fraction of sp³-hybridized carbons (Fsp3) is 0.167. The molecule has 3 rings (SSSR count). The highest BCUT2D eigenvalue weighted by Gasteiger charge is 2.10. The number of benzene rings is 2. The molecular weight excluding hydrogens is 288 g/mol. The molecule has 1 heterocycles. The van der Waals surface area contributed by atoms with E-state index < -0.39 is 0 Å². The summed E-state index contributed by atoms with van der Waals surface area (Å²) in [5.74, 6) is 1.83. The van der Waals surface area contributed by atoms with E-state index in [-0.39, 0.29) is 0 Å². The fourth-order valence-electron chi connectivity index (χ4n) is 2.32. The minimum absolute atomic E-state index is 0.503. The van der Waals surface area contributed by atoms with E-state index in [0.717, 1.165) is 22.6 Å². The van der Waals surface area contributed by atoms with Crippen molar-refractivity contribution in [3.63, 3.8) is 0 Å². The Kier molecular flexibility index (Phi) is 4.19. The van der Waals surface area contributed by atoms with Crippen molar-refractivity contribution in [2.75, 3.05) is 12.4 Å². The van der Waals surface area contributed by atoms with Gasteiger partial charge in [-0.15, -0.1) is 0 Å². The summed E-state index contributed by atoms with van der Waals surface area (Å²) in [5, 5.41) is 3.20. The zero-order chi connectivity index (χ0) is 16.2. The summed E-state index contributed by atoms with van der Waals surface area (Å²) in [7, 11) is 1.64. The van der Waals surface area contributed by atoms with Crippen molar-refractivity contribution in [2.24, 2.45) is 0 Å². The van der Waals surface area contributed by atoms with Crippen LogP contribution in [-0.4, -0.2) is 22.1 Å². The molecule has 5 nitrogen and oxygen atoms in total. The second-order valence-electron chi connectivity index (χ2n) is 5.33. The number of hydrogen-bond acceptors (Lipinski definition) is 5. The van der Waals surface area contributed by atoms with Gasteiger partial charge >= 0.3 is 0 Å². The normalized spacial score (nSPS) is 10.4. The minimum atomic E-state index is 0.503. The molecule has 0 unspecified atom stereocenters. The third-order valence-electron chi connectivity index (χ3n) is 3.44. The van der Waals surface area contributed by atoms with Crippen LogP contribution in [0.5, 0.6) is 5.75 Å². The molecule has 0 aliphatic carbocycles. The second-order valence-corrected chi connectivity index (χ2v) is 5.33. The highest BCUT2D eigenvalue weighted by atomic mass is 16.5. The van der Waals surface area contributed by atoms with Gasteiger partial charge in [-0.3, -0.25) is 0 Å². The van der Waals surface area contributed by atoms with Crippen LogP contribution in [0.25, 0.3) is 11.4 Å². The summed E-state index contributed by atoms with van der Waals surface area (Å²) in [6.07, 6.45) is 1.50. The Hall–Kier alpha value is -2.95. The van der Waals surface area contributed by atoms with E-state index in [1.165, 1.54) is 11.9 Å². The van der Waals surface area contributed by atoms with Crippen LogP contribution >= 0.6 is 0 Å². The standard InChI is InChI=1S/C18H18N4O/c1-12-5-4-6-14(9-12)21-18-20-11-19-17(22-18)15-8-7-13(2)10-16(15)23-3/h4-11H,1-3H3,(H,19,20,21,22). The van der Waals surface area contributed by atoms with E-state index in [0.29, 0.717) is 11.8 Å². The molecule has 0 spiro atoms. The Morgan fingerprint density at radius 2 is 1.78 bits per heavy atom. The lowest BCUT2D eigenvalue weighted by atomic mass is 10.1. The molecule has 0 saturated carbocycles. The first-order valence-electron chi connectivity index (χ1n) is 7.33. The van der Waals surface area contributed by atoms with Crippen LogP contribution < -0.4 is 10.1 Å². The average molecular weight is 306 g/mol. The maximum atomic E-state index is 5.43. The Morgan fingerprint density at radius 1 is 0.957 bits per heavy atom. The molecule has 0 aliphatic heterocycles. The van der Waals surface area contributed by atoms with Crippen LogP contribution in [0.3, 0.4) is 0 Å². The number of aromatic nitrogens is 3. The van der Waals surface area contributed by atoms with Crippen molar-refractivity contribution in [1.29, 1.82) is 0 Å². The summed E-state index contributed by atoms with van der Waals surface area (Å²) >= 11 is 0. The number of nitrogens with one attached hydrogen (secondary N) is 1. The Balaban J connectivity index is 1.94. The van der Waals surface area contributed by atoms with Crippen LogP contribution in [0.2, 0.25) is 0 Å². The van der Waals surface area contributed by atoms with Crippen molar-refractivity contribution in [1.82, 2.24) is 15.0 Å². The van der Waals surface area contributed by atoms with Crippen molar-refractivity contribution in [3.05, 3.63) is 59.9 Å². The van der Waals surface area contributed by atoms with Gasteiger partial charge in [-0.25, -0.2) is 9.97 Å². The maximum Gasteiger partial charge on any atom is 0.230 e. The van der Waals surface area contributed by atoms with E-state index in [4.69, 9.17) is 4.74 Å². The number of aryl methyl sites for hydroxylation is 2. The van der Waals surface area contributed by atoms with Gasteiger partial charge in [0.15, 0.2) is 5.82 Å². The Morgan fingerprint density at radius 3 is 2.57 bits per heavy atom. The van der Waals surface area contributed by atoms with Crippen LogP contribution in [0, 0.1) is 13.8 Å². The number of hydrogen-bond donors (Lipinski definition) is 1. The van der Waals surface area contributed by atoms with E-state index in [9.17, 15) is 0 Å². The second kappa shape index (κ2) is 6.44. The van der Waals surface area contributed by atoms with Gasteiger partial charge in [0.2, 0.25) is 5.95 Å². The number of nitrogens with zero attached hydrogens (tertiary/aromatic N) is 3. The third-order valence-corrected chi connectivity index (χ3v) is 3.44. The summed E-state index contributed by atoms with van der Waals surface area (Å²) in [6, 6.07) is 14.0. The van der Waals surface area contributed by atoms with Crippen molar-refractivity contribution in [2.45, 2.75) is 13.8 Å². The van der Waals surface area contributed by atoms with E-state index >= 15 is 0 Å². The minimum Gasteiger partial charge on any atom is -0.496 e. The Bertz CT molecular complexity index is 833. The van der Waals surface area contributed by atoms with Crippen LogP contribution in [-0.2, 0) is 0 Å². The van der Waals surface area contributed by atoms with E-state index in [1.807, 2.05) is 56.3 Å². The van der Waals surface area contributed by atoms with Gasteiger partial charge in [-0.1, -0.05) is 18.2 Å². The van der Waals surface area contributed by atoms with E-state index in [2.05, 4.69) is 20.3 Å². The molecule has 116 valence electrons. The number of ether oxygens (including phenoxy) is 1. The quantitative estimate of drug-likeness (QED) is 0.792. The van der Waals surface area contributed by atoms with Gasteiger partial charge in [0.1, 0.15) is 12.1 Å². The molecule has 23 heavy (non-hydrogen) atoms. The van der Waals surface area contributed by atoms with Gasteiger partial charge in [0, 0.05) is 5.69 Å². The SMILES string of the molecule is COc1cc(C)ccc1-c1ncnc(Nc2cccc(C)c2)n1. The molecule has 0 fully saturated rings. The summed E-state index contributed by atoms with van der Waals surface area (Å²) < 4.78 is 5.43. The molecule has 1 N–H and O–H groups in total. The maximum absolute atomic E-state index is 5.43. The Labute approximate surface area is 135 Å². The van der Waals surface area contributed by atoms with Crippen LogP contribution in [0.4, 0.5) is 11.6 Å². The first-order chi connectivity index (χ1) is 11.2. The summed E-state index contributed by atoms with van der Waals surface area (Å²) in [5.41, 5.74) is 4.08.